The SMILES string of the molecule is CCN1C(=O)CC[C@@H](C(=O)NCCc2cccc(OC)c2)[C@@H]1c1ccc(C)cc1. The molecule has 1 N–H and O–H groups in total. The molecule has 5 nitrogen and oxygen atoms in total. The van der Waals surface area contributed by atoms with Crippen LogP contribution in [0.2, 0.25) is 0 Å². The number of hydrogen-bond acceptors (Lipinski definition) is 3. The van der Waals surface area contributed by atoms with Crippen molar-refractivity contribution in [3.8, 4) is 5.75 Å². The molecule has 1 aliphatic heterocycles. The molecular weight excluding hydrogens is 364 g/mol. The van der Waals surface area contributed by atoms with Gasteiger partial charge in [0.15, 0.2) is 0 Å². The zero-order valence-corrected chi connectivity index (χ0v) is 17.5. The highest BCUT2D eigenvalue weighted by molar-refractivity contribution is 5.85. The molecular formula is C24H30N2O3. The van der Waals surface area contributed by atoms with Gasteiger partial charge in [-0.15, -0.1) is 0 Å². The van der Waals surface area contributed by atoms with Gasteiger partial charge in [-0.05, 0) is 49.9 Å². The Hall–Kier alpha value is -2.82. The Kier molecular flexibility index (Phi) is 6.91. The fraction of sp³-hybridized carbons (Fsp3) is 0.417. The molecule has 0 radical (unpaired) electrons. The summed E-state index contributed by atoms with van der Waals surface area (Å²) < 4.78 is 5.26. The molecule has 0 aromatic heterocycles. The van der Waals surface area contributed by atoms with Gasteiger partial charge in [0.25, 0.3) is 0 Å². The Bertz CT molecular complexity index is 847. The van der Waals surface area contributed by atoms with Gasteiger partial charge in [0, 0.05) is 19.5 Å². The van der Waals surface area contributed by atoms with Crippen molar-refractivity contribution < 1.29 is 14.3 Å². The summed E-state index contributed by atoms with van der Waals surface area (Å²) in [7, 11) is 1.65. The first-order valence-corrected chi connectivity index (χ1v) is 10.3. The molecule has 0 bridgehead atoms. The highest BCUT2D eigenvalue weighted by Gasteiger charge is 2.39. The number of piperidine rings is 1. The Morgan fingerprint density at radius 1 is 1.21 bits per heavy atom. The van der Waals surface area contributed by atoms with Gasteiger partial charge in [-0.1, -0.05) is 42.0 Å². The van der Waals surface area contributed by atoms with Crippen LogP contribution in [0, 0.1) is 12.8 Å². The number of ether oxygens (including phenoxy) is 1. The van der Waals surface area contributed by atoms with Crippen molar-refractivity contribution in [2.24, 2.45) is 5.92 Å². The second-order valence-corrected chi connectivity index (χ2v) is 7.57. The maximum absolute atomic E-state index is 13.1. The molecule has 154 valence electrons. The van der Waals surface area contributed by atoms with Gasteiger partial charge in [0.2, 0.25) is 11.8 Å². The van der Waals surface area contributed by atoms with Crippen LogP contribution in [0.5, 0.6) is 5.75 Å². The molecule has 5 heteroatoms. The summed E-state index contributed by atoms with van der Waals surface area (Å²) in [6.07, 6.45) is 1.74. The molecule has 2 aromatic carbocycles. The van der Waals surface area contributed by atoms with E-state index >= 15 is 0 Å². The second-order valence-electron chi connectivity index (χ2n) is 7.57. The van der Waals surface area contributed by atoms with Crippen LogP contribution in [0.25, 0.3) is 0 Å². The molecule has 0 saturated carbocycles. The predicted molar refractivity (Wildman–Crippen MR) is 114 cm³/mol. The minimum absolute atomic E-state index is 0.0180. The molecule has 2 amide bonds. The van der Waals surface area contributed by atoms with Gasteiger partial charge in [-0.25, -0.2) is 0 Å². The van der Waals surface area contributed by atoms with Gasteiger partial charge in [0.1, 0.15) is 5.75 Å². The van der Waals surface area contributed by atoms with Crippen LogP contribution in [0.1, 0.15) is 42.5 Å². The van der Waals surface area contributed by atoms with Crippen molar-refractivity contribution in [3.05, 3.63) is 65.2 Å². The maximum Gasteiger partial charge on any atom is 0.225 e. The van der Waals surface area contributed by atoms with Crippen molar-refractivity contribution in [1.29, 1.82) is 0 Å². The molecule has 0 aliphatic carbocycles. The smallest absolute Gasteiger partial charge is 0.225 e. The average Bonchev–Trinajstić information content (AvgIpc) is 2.74. The topological polar surface area (TPSA) is 58.6 Å². The van der Waals surface area contributed by atoms with E-state index in [-0.39, 0.29) is 23.8 Å². The van der Waals surface area contributed by atoms with E-state index in [1.807, 2.05) is 67.3 Å². The zero-order chi connectivity index (χ0) is 20.8. The van der Waals surface area contributed by atoms with Crippen LogP contribution in [0.3, 0.4) is 0 Å². The highest BCUT2D eigenvalue weighted by atomic mass is 16.5. The number of carbonyl (C=O) groups is 2. The number of benzene rings is 2. The van der Waals surface area contributed by atoms with Crippen LogP contribution >= 0.6 is 0 Å². The van der Waals surface area contributed by atoms with Gasteiger partial charge in [-0.3, -0.25) is 9.59 Å². The standard InChI is InChI=1S/C24H30N2O3/c1-4-26-22(27)13-12-21(23(26)19-10-8-17(2)9-11-19)24(28)25-15-14-18-6-5-7-20(16-18)29-3/h5-11,16,21,23H,4,12-15H2,1-3H3,(H,25,28)/t21-,23+/m1/s1. The first-order valence-electron chi connectivity index (χ1n) is 10.3. The van der Waals surface area contributed by atoms with Crippen molar-refractivity contribution >= 4 is 11.8 Å². The van der Waals surface area contributed by atoms with Gasteiger partial charge < -0.3 is 15.0 Å². The summed E-state index contributed by atoms with van der Waals surface area (Å²) >= 11 is 0. The number of nitrogens with zero attached hydrogens (tertiary/aromatic N) is 1. The van der Waals surface area contributed by atoms with Crippen LogP contribution in [0.4, 0.5) is 0 Å². The normalized spacial score (nSPS) is 19.1. The summed E-state index contributed by atoms with van der Waals surface area (Å²) in [4.78, 5) is 27.4. The third-order valence-corrected chi connectivity index (χ3v) is 5.65. The summed E-state index contributed by atoms with van der Waals surface area (Å²) in [6.45, 7) is 5.17. The number of nitrogens with one attached hydrogen (secondary N) is 1. The van der Waals surface area contributed by atoms with Crippen LogP contribution < -0.4 is 10.1 Å². The van der Waals surface area contributed by atoms with Crippen LogP contribution in [-0.4, -0.2) is 36.9 Å². The van der Waals surface area contributed by atoms with E-state index in [1.165, 1.54) is 5.56 Å². The molecule has 2 aromatic rings. The zero-order valence-electron chi connectivity index (χ0n) is 17.5. The van der Waals surface area contributed by atoms with E-state index in [9.17, 15) is 9.59 Å². The maximum atomic E-state index is 13.1. The highest BCUT2D eigenvalue weighted by Crippen LogP contribution is 2.36. The van der Waals surface area contributed by atoms with Crippen molar-refractivity contribution in [3.63, 3.8) is 0 Å². The minimum atomic E-state index is -0.235. The third-order valence-electron chi connectivity index (χ3n) is 5.65. The lowest BCUT2D eigenvalue weighted by Gasteiger charge is -2.40. The van der Waals surface area contributed by atoms with Gasteiger partial charge >= 0.3 is 0 Å². The summed E-state index contributed by atoms with van der Waals surface area (Å²) in [5.41, 5.74) is 3.31. The lowest BCUT2D eigenvalue weighted by atomic mass is 9.83. The lowest BCUT2D eigenvalue weighted by molar-refractivity contribution is -0.143. The van der Waals surface area contributed by atoms with Crippen LogP contribution in [0.15, 0.2) is 48.5 Å². The third kappa shape index (κ3) is 4.97. The molecule has 1 fully saturated rings. The van der Waals surface area contributed by atoms with Crippen molar-refractivity contribution in [1.82, 2.24) is 10.2 Å². The van der Waals surface area contributed by atoms with E-state index in [4.69, 9.17) is 4.74 Å². The number of methoxy groups -OCH3 is 1. The fourth-order valence-electron chi connectivity index (χ4n) is 4.07. The Morgan fingerprint density at radius 2 is 1.97 bits per heavy atom. The molecule has 0 unspecified atom stereocenters. The number of amides is 2. The molecule has 1 aliphatic rings. The van der Waals surface area contributed by atoms with E-state index in [0.29, 0.717) is 25.9 Å². The molecule has 0 spiro atoms. The largest absolute Gasteiger partial charge is 0.497 e. The Labute approximate surface area is 173 Å². The number of aryl methyl sites for hydroxylation is 1. The second kappa shape index (κ2) is 9.59. The molecule has 29 heavy (non-hydrogen) atoms. The average molecular weight is 395 g/mol. The Morgan fingerprint density at radius 3 is 2.66 bits per heavy atom. The first kappa shape index (κ1) is 20.9. The molecule has 2 atom stereocenters. The number of rotatable bonds is 7. The molecule has 1 heterocycles. The van der Waals surface area contributed by atoms with Crippen molar-refractivity contribution in [2.45, 2.75) is 39.2 Å². The van der Waals surface area contributed by atoms with E-state index < -0.39 is 0 Å². The Balaban J connectivity index is 1.70. The van der Waals surface area contributed by atoms with E-state index in [1.54, 1.807) is 7.11 Å². The summed E-state index contributed by atoms with van der Waals surface area (Å²) in [5.74, 6) is 0.723. The van der Waals surface area contributed by atoms with Crippen molar-refractivity contribution in [2.75, 3.05) is 20.2 Å². The molecule has 3 rings (SSSR count). The summed E-state index contributed by atoms with van der Waals surface area (Å²) in [6, 6.07) is 15.8. The number of likely N-dealkylation sites (tertiary alicyclic amines) is 1. The van der Waals surface area contributed by atoms with Crippen LogP contribution in [-0.2, 0) is 16.0 Å². The first-order chi connectivity index (χ1) is 14.0. The quantitative estimate of drug-likeness (QED) is 0.780. The summed E-state index contributed by atoms with van der Waals surface area (Å²) in [5, 5.41) is 3.09. The lowest BCUT2D eigenvalue weighted by Crippen LogP contribution is -2.48. The van der Waals surface area contributed by atoms with Gasteiger partial charge in [-0.2, -0.15) is 0 Å². The van der Waals surface area contributed by atoms with Gasteiger partial charge in [0.05, 0.1) is 19.1 Å². The monoisotopic (exact) mass is 394 g/mol. The molecule has 1 saturated heterocycles. The van der Waals surface area contributed by atoms with E-state index in [2.05, 4.69) is 5.32 Å². The predicted octanol–water partition coefficient (Wildman–Crippen LogP) is 3.66. The number of hydrogen-bond donors (Lipinski definition) is 1. The fourth-order valence-corrected chi connectivity index (χ4v) is 4.07. The van der Waals surface area contributed by atoms with E-state index in [0.717, 1.165) is 23.3 Å². The number of carbonyl (C=O) groups excluding carboxylic acids is 2. The minimum Gasteiger partial charge on any atom is -0.497 e.